The molecule has 0 aliphatic rings. The van der Waals surface area contributed by atoms with Crippen molar-refractivity contribution in [2.24, 2.45) is 17.3 Å². The standard InChI is InChI=1S/C21H16ClN7O3/c1-28-18-15(19(30)24-21(28)32)17(29(27-18)10-11-6-2-4-8-13(11)22)26-25-16-12-7-3-5-9-14(12)23-20(16)31/h2-9,23,31H,10H2,1H3,(H,24,30,32). The van der Waals surface area contributed by atoms with Crippen LogP contribution in [0.2, 0.25) is 5.02 Å². The quantitative estimate of drug-likeness (QED) is 0.360. The molecule has 3 heterocycles. The molecule has 0 fully saturated rings. The Morgan fingerprint density at radius 2 is 1.81 bits per heavy atom. The summed E-state index contributed by atoms with van der Waals surface area (Å²) >= 11 is 6.30. The highest BCUT2D eigenvalue weighted by Crippen LogP contribution is 2.36. The van der Waals surface area contributed by atoms with Crippen molar-refractivity contribution in [3.63, 3.8) is 0 Å². The first-order valence-corrected chi connectivity index (χ1v) is 9.96. The number of rotatable bonds is 4. The van der Waals surface area contributed by atoms with Gasteiger partial charge in [-0.15, -0.1) is 10.2 Å². The summed E-state index contributed by atoms with van der Waals surface area (Å²) in [6.45, 7) is 0.191. The molecule has 0 bridgehead atoms. The Morgan fingerprint density at radius 1 is 1.06 bits per heavy atom. The minimum atomic E-state index is -0.634. The molecule has 0 aliphatic carbocycles. The van der Waals surface area contributed by atoms with Gasteiger partial charge in [-0.05, 0) is 17.7 Å². The molecule has 11 heteroatoms. The highest BCUT2D eigenvalue weighted by atomic mass is 35.5. The van der Waals surface area contributed by atoms with Gasteiger partial charge in [0.1, 0.15) is 5.39 Å². The van der Waals surface area contributed by atoms with E-state index in [-0.39, 0.29) is 35.0 Å². The summed E-state index contributed by atoms with van der Waals surface area (Å²) in [6.07, 6.45) is 0. The first-order chi connectivity index (χ1) is 15.4. The molecular formula is C21H16ClN7O3. The highest BCUT2D eigenvalue weighted by Gasteiger charge is 2.19. The molecule has 10 nitrogen and oxygen atoms in total. The fraction of sp³-hybridized carbons (Fsp3) is 0.0952. The Hall–Kier alpha value is -4.18. The second-order valence-corrected chi connectivity index (χ2v) is 7.56. The van der Waals surface area contributed by atoms with E-state index in [0.29, 0.717) is 15.9 Å². The van der Waals surface area contributed by atoms with Crippen molar-refractivity contribution in [3.8, 4) is 5.88 Å². The van der Waals surface area contributed by atoms with E-state index in [1.165, 1.54) is 16.3 Å². The number of fused-ring (bicyclic) bond motifs is 2. The summed E-state index contributed by atoms with van der Waals surface area (Å²) in [5, 5.41) is 24.5. The molecule has 5 rings (SSSR count). The number of halogens is 1. The van der Waals surface area contributed by atoms with Crippen LogP contribution >= 0.6 is 11.6 Å². The third-order valence-corrected chi connectivity index (χ3v) is 5.53. The van der Waals surface area contributed by atoms with Crippen LogP contribution in [0.25, 0.3) is 21.9 Å². The number of nitrogens with one attached hydrogen (secondary N) is 2. The van der Waals surface area contributed by atoms with Crippen molar-refractivity contribution in [1.82, 2.24) is 24.3 Å². The van der Waals surface area contributed by atoms with Gasteiger partial charge in [0.2, 0.25) is 5.88 Å². The van der Waals surface area contributed by atoms with E-state index in [1.54, 1.807) is 24.3 Å². The van der Waals surface area contributed by atoms with Crippen LogP contribution in [-0.2, 0) is 13.6 Å². The number of aromatic nitrogens is 5. The molecule has 3 N–H and O–H groups in total. The summed E-state index contributed by atoms with van der Waals surface area (Å²) in [5.41, 5.74) is 0.583. The normalized spacial score (nSPS) is 11.8. The average Bonchev–Trinajstić information content (AvgIpc) is 3.29. The van der Waals surface area contributed by atoms with Crippen molar-refractivity contribution in [3.05, 3.63) is 80.0 Å². The van der Waals surface area contributed by atoms with Crippen LogP contribution in [0.15, 0.2) is 68.3 Å². The molecule has 0 unspecified atom stereocenters. The van der Waals surface area contributed by atoms with Gasteiger partial charge in [0, 0.05) is 17.5 Å². The lowest BCUT2D eigenvalue weighted by atomic mass is 10.2. The Kier molecular flexibility index (Phi) is 4.63. The summed E-state index contributed by atoms with van der Waals surface area (Å²) in [6, 6.07) is 14.4. The molecule has 160 valence electrons. The van der Waals surface area contributed by atoms with Crippen LogP contribution in [0.1, 0.15) is 5.56 Å². The van der Waals surface area contributed by atoms with Gasteiger partial charge in [-0.25, -0.2) is 9.48 Å². The largest absolute Gasteiger partial charge is 0.493 e. The second-order valence-electron chi connectivity index (χ2n) is 7.16. The van der Waals surface area contributed by atoms with Crippen molar-refractivity contribution in [1.29, 1.82) is 0 Å². The van der Waals surface area contributed by atoms with Gasteiger partial charge in [0.25, 0.3) is 5.56 Å². The number of nitrogens with zero attached hydrogens (tertiary/aromatic N) is 5. The molecule has 0 aliphatic heterocycles. The molecule has 32 heavy (non-hydrogen) atoms. The number of aromatic amines is 2. The third-order valence-electron chi connectivity index (χ3n) is 5.16. The lowest BCUT2D eigenvalue weighted by molar-refractivity contribution is 0.459. The topological polar surface area (TPSA) is 133 Å². The predicted molar refractivity (Wildman–Crippen MR) is 120 cm³/mol. The van der Waals surface area contributed by atoms with E-state index < -0.39 is 11.2 Å². The predicted octanol–water partition coefficient (Wildman–Crippen LogP) is 3.73. The first kappa shape index (κ1) is 19.8. The number of benzene rings is 2. The third kappa shape index (κ3) is 3.17. The van der Waals surface area contributed by atoms with Crippen molar-refractivity contribution in [2.75, 3.05) is 0 Å². The Bertz CT molecular complexity index is 1640. The zero-order valence-electron chi connectivity index (χ0n) is 16.7. The molecule has 2 aromatic carbocycles. The van der Waals surface area contributed by atoms with Crippen LogP contribution in [0.5, 0.6) is 5.88 Å². The first-order valence-electron chi connectivity index (χ1n) is 9.58. The molecular weight excluding hydrogens is 434 g/mol. The molecule has 0 radical (unpaired) electrons. The number of para-hydroxylation sites is 1. The smallest absolute Gasteiger partial charge is 0.329 e. The van der Waals surface area contributed by atoms with Crippen molar-refractivity contribution < 1.29 is 5.11 Å². The number of azo groups is 1. The molecule has 0 amide bonds. The fourth-order valence-electron chi connectivity index (χ4n) is 3.53. The van der Waals surface area contributed by atoms with Crippen LogP contribution in [-0.4, -0.2) is 29.4 Å². The Morgan fingerprint density at radius 3 is 2.62 bits per heavy atom. The monoisotopic (exact) mass is 449 g/mol. The minimum absolute atomic E-state index is 0.0993. The lowest BCUT2D eigenvalue weighted by Gasteiger charge is -2.05. The summed E-state index contributed by atoms with van der Waals surface area (Å²) in [7, 11) is 1.50. The number of H-pyrrole nitrogens is 2. The van der Waals surface area contributed by atoms with Crippen LogP contribution < -0.4 is 11.2 Å². The maximum Gasteiger partial charge on any atom is 0.329 e. The van der Waals surface area contributed by atoms with Gasteiger partial charge in [0.15, 0.2) is 17.2 Å². The Labute approximate surface area is 184 Å². The number of hydrogen-bond donors (Lipinski definition) is 3. The van der Waals surface area contributed by atoms with E-state index in [2.05, 4.69) is 25.3 Å². The molecule has 0 spiro atoms. The van der Waals surface area contributed by atoms with E-state index in [1.807, 2.05) is 24.3 Å². The molecule has 3 aromatic heterocycles. The van der Waals surface area contributed by atoms with Gasteiger partial charge >= 0.3 is 5.69 Å². The molecule has 0 saturated heterocycles. The van der Waals surface area contributed by atoms with Gasteiger partial charge in [-0.1, -0.05) is 48.0 Å². The molecule has 5 aromatic rings. The van der Waals surface area contributed by atoms with Gasteiger partial charge in [-0.2, -0.15) is 5.10 Å². The fourth-order valence-corrected chi connectivity index (χ4v) is 3.73. The highest BCUT2D eigenvalue weighted by molar-refractivity contribution is 6.31. The second kappa shape index (κ2) is 7.50. The number of hydrogen-bond acceptors (Lipinski definition) is 6. The van der Waals surface area contributed by atoms with Gasteiger partial charge in [0.05, 0.1) is 12.1 Å². The van der Waals surface area contributed by atoms with Crippen LogP contribution in [0.4, 0.5) is 11.5 Å². The molecule has 0 atom stereocenters. The zero-order chi connectivity index (χ0) is 22.4. The van der Waals surface area contributed by atoms with Crippen LogP contribution in [0, 0.1) is 0 Å². The summed E-state index contributed by atoms with van der Waals surface area (Å²) in [4.78, 5) is 29.8. The van der Waals surface area contributed by atoms with Gasteiger partial charge in [-0.3, -0.25) is 14.3 Å². The SMILES string of the molecule is Cn1c(=O)[nH]c(=O)c2c(N=Nc3c(O)[nH]c4ccccc34)n(Cc3ccccc3Cl)nc21. The average molecular weight is 450 g/mol. The Balaban J connectivity index is 1.73. The summed E-state index contributed by atoms with van der Waals surface area (Å²) < 4.78 is 2.68. The molecule has 0 saturated carbocycles. The zero-order valence-corrected chi connectivity index (χ0v) is 17.5. The van der Waals surface area contributed by atoms with Crippen molar-refractivity contribution >= 4 is 45.0 Å². The minimum Gasteiger partial charge on any atom is -0.493 e. The lowest BCUT2D eigenvalue weighted by Crippen LogP contribution is -2.28. The van der Waals surface area contributed by atoms with E-state index in [0.717, 1.165) is 5.56 Å². The van der Waals surface area contributed by atoms with E-state index in [9.17, 15) is 14.7 Å². The maximum absolute atomic E-state index is 12.6. The van der Waals surface area contributed by atoms with E-state index >= 15 is 0 Å². The number of aromatic hydroxyl groups is 1. The van der Waals surface area contributed by atoms with Gasteiger partial charge < -0.3 is 10.1 Å². The van der Waals surface area contributed by atoms with E-state index in [4.69, 9.17) is 11.6 Å². The van der Waals surface area contributed by atoms with Crippen molar-refractivity contribution in [2.45, 2.75) is 6.54 Å². The van der Waals surface area contributed by atoms with Crippen LogP contribution in [0.3, 0.4) is 0 Å². The maximum atomic E-state index is 12.6. The number of aryl methyl sites for hydroxylation is 1. The summed E-state index contributed by atoms with van der Waals surface area (Å²) in [5.74, 6) is -0.0285.